The summed E-state index contributed by atoms with van der Waals surface area (Å²) in [6, 6.07) is 8.10. The van der Waals surface area contributed by atoms with Crippen molar-refractivity contribution in [3.63, 3.8) is 0 Å². The van der Waals surface area contributed by atoms with Gasteiger partial charge in [-0.05, 0) is 24.6 Å². The average molecular weight is 339 g/mol. The maximum Gasteiger partial charge on any atom is 0.231 e. The van der Waals surface area contributed by atoms with E-state index in [1.165, 1.54) is 5.56 Å². The number of fused-ring (bicyclic) bond motifs is 1. The molecule has 0 spiro atoms. The summed E-state index contributed by atoms with van der Waals surface area (Å²) in [6.45, 7) is 4.94. The van der Waals surface area contributed by atoms with Gasteiger partial charge in [0.2, 0.25) is 11.9 Å². The number of nitrogens with two attached hydrogens (primary N) is 1. The maximum atomic E-state index is 5.99. The number of nitrogens with one attached hydrogen (secondary N) is 1. The highest BCUT2D eigenvalue weighted by Crippen LogP contribution is 2.28. The summed E-state index contributed by atoms with van der Waals surface area (Å²) in [5, 5.41) is 3.29. The van der Waals surface area contributed by atoms with Gasteiger partial charge in [0.15, 0.2) is 17.0 Å². The van der Waals surface area contributed by atoms with E-state index in [2.05, 4.69) is 39.2 Å². The average Bonchev–Trinajstić information content (AvgIpc) is 2.90. The molecule has 0 saturated carbocycles. The zero-order valence-corrected chi connectivity index (χ0v) is 14.4. The molecule has 0 atom stereocenters. The molecule has 8 nitrogen and oxygen atoms in total. The summed E-state index contributed by atoms with van der Waals surface area (Å²) in [4.78, 5) is 16.0. The van der Waals surface area contributed by atoms with Crippen molar-refractivity contribution in [3.8, 4) is 0 Å². The third-order valence-electron chi connectivity index (χ3n) is 4.32. The van der Waals surface area contributed by atoms with Crippen LogP contribution >= 0.6 is 0 Å². The number of nitrogens with zero attached hydrogens (tertiary/aromatic N) is 5. The fraction of sp³-hybridized carbons (Fsp3) is 0.353. The normalized spacial score (nSPS) is 14.9. The van der Waals surface area contributed by atoms with Gasteiger partial charge in [0.05, 0.1) is 13.2 Å². The van der Waals surface area contributed by atoms with E-state index in [0.29, 0.717) is 30.8 Å². The van der Waals surface area contributed by atoms with E-state index >= 15 is 0 Å². The number of hydrogen-bond donors (Lipinski definition) is 2. The van der Waals surface area contributed by atoms with Crippen LogP contribution in [0.15, 0.2) is 24.3 Å². The Balaban J connectivity index is 1.80. The highest BCUT2D eigenvalue weighted by molar-refractivity contribution is 5.87. The quantitative estimate of drug-likeness (QED) is 0.752. The second-order valence-corrected chi connectivity index (χ2v) is 6.17. The molecule has 1 saturated heterocycles. The van der Waals surface area contributed by atoms with Gasteiger partial charge < -0.3 is 20.7 Å². The molecular weight excluding hydrogens is 318 g/mol. The summed E-state index contributed by atoms with van der Waals surface area (Å²) in [6.07, 6.45) is 0. The maximum absolute atomic E-state index is 5.99. The summed E-state index contributed by atoms with van der Waals surface area (Å²) in [7, 11) is 1.86. The molecule has 4 rings (SSSR count). The predicted molar refractivity (Wildman–Crippen MR) is 98.2 cm³/mol. The largest absolute Gasteiger partial charge is 0.378 e. The first-order valence-electron chi connectivity index (χ1n) is 8.28. The molecule has 1 aliphatic rings. The molecule has 0 unspecified atom stereocenters. The predicted octanol–water partition coefficient (Wildman–Crippen LogP) is 1.83. The van der Waals surface area contributed by atoms with E-state index in [1.807, 2.05) is 19.2 Å². The smallest absolute Gasteiger partial charge is 0.231 e. The van der Waals surface area contributed by atoms with E-state index in [0.717, 1.165) is 30.1 Å². The zero-order valence-electron chi connectivity index (χ0n) is 14.4. The molecule has 0 bridgehead atoms. The topological polar surface area (TPSA) is 94.1 Å². The number of nitrogen functional groups attached to an aromatic ring is 1. The van der Waals surface area contributed by atoms with Gasteiger partial charge in [-0.3, -0.25) is 4.57 Å². The Hall–Kier alpha value is -2.87. The molecule has 3 aromatic rings. The van der Waals surface area contributed by atoms with Gasteiger partial charge in [0, 0.05) is 25.8 Å². The molecule has 1 aliphatic heterocycles. The van der Waals surface area contributed by atoms with Crippen LogP contribution < -0.4 is 16.0 Å². The van der Waals surface area contributed by atoms with Crippen LogP contribution in [0.2, 0.25) is 0 Å². The van der Waals surface area contributed by atoms with Gasteiger partial charge in [-0.2, -0.15) is 9.97 Å². The Bertz CT molecular complexity index is 915. The van der Waals surface area contributed by atoms with Crippen molar-refractivity contribution in [2.45, 2.75) is 6.92 Å². The number of rotatable bonds is 3. The van der Waals surface area contributed by atoms with Crippen LogP contribution in [0.5, 0.6) is 0 Å². The number of anilines is 4. The van der Waals surface area contributed by atoms with E-state index in [1.54, 1.807) is 4.57 Å². The van der Waals surface area contributed by atoms with Crippen LogP contribution in [0.4, 0.5) is 23.4 Å². The Morgan fingerprint density at radius 3 is 2.72 bits per heavy atom. The molecule has 25 heavy (non-hydrogen) atoms. The van der Waals surface area contributed by atoms with Gasteiger partial charge in [0.1, 0.15) is 0 Å². The van der Waals surface area contributed by atoms with E-state index in [-0.39, 0.29) is 0 Å². The van der Waals surface area contributed by atoms with Crippen molar-refractivity contribution in [1.29, 1.82) is 0 Å². The van der Waals surface area contributed by atoms with Crippen molar-refractivity contribution < 1.29 is 4.74 Å². The van der Waals surface area contributed by atoms with Crippen molar-refractivity contribution in [2.75, 3.05) is 42.3 Å². The second kappa shape index (κ2) is 6.21. The van der Waals surface area contributed by atoms with E-state index in [9.17, 15) is 0 Å². The molecule has 3 heterocycles. The first-order valence-corrected chi connectivity index (χ1v) is 8.28. The summed E-state index contributed by atoms with van der Waals surface area (Å²) < 4.78 is 7.23. The van der Waals surface area contributed by atoms with Crippen LogP contribution in [0, 0.1) is 6.92 Å². The fourth-order valence-corrected chi connectivity index (χ4v) is 2.97. The van der Waals surface area contributed by atoms with Crippen LogP contribution in [0.3, 0.4) is 0 Å². The van der Waals surface area contributed by atoms with Gasteiger partial charge in [-0.15, -0.1) is 0 Å². The van der Waals surface area contributed by atoms with Gasteiger partial charge in [-0.25, -0.2) is 4.98 Å². The van der Waals surface area contributed by atoms with E-state index < -0.39 is 0 Å². The number of benzene rings is 1. The van der Waals surface area contributed by atoms with Gasteiger partial charge in [-0.1, -0.05) is 12.1 Å². The molecule has 1 aromatic carbocycles. The number of ether oxygens (including phenoxy) is 1. The summed E-state index contributed by atoms with van der Waals surface area (Å²) in [5.41, 5.74) is 9.54. The molecule has 8 heteroatoms. The molecule has 130 valence electrons. The fourth-order valence-electron chi connectivity index (χ4n) is 2.97. The van der Waals surface area contributed by atoms with Crippen LogP contribution in [0.25, 0.3) is 11.2 Å². The Morgan fingerprint density at radius 1 is 1.16 bits per heavy atom. The minimum atomic E-state index is 0.423. The van der Waals surface area contributed by atoms with Crippen molar-refractivity contribution in [1.82, 2.24) is 19.5 Å². The highest BCUT2D eigenvalue weighted by atomic mass is 16.5. The Morgan fingerprint density at radius 2 is 1.96 bits per heavy atom. The lowest BCUT2D eigenvalue weighted by molar-refractivity contribution is 0.122. The standard InChI is InChI=1S/C17H21N7O/c1-11-4-3-5-12(10-11)19-17-21-14-13(20-16(18)23(14)2)15(22-17)24-6-8-25-9-7-24/h3-5,10H,6-9H2,1-2H3,(H2,18,20)(H,19,21,22). The summed E-state index contributed by atoms with van der Waals surface area (Å²) >= 11 is 0. The molecule has 1 fully saturated rings. The molecule has 2 aromatic heterocycles. The Kier molecular flexibility index (Phi) is 3.89. The molecule has 0 amide bonds. The lowest BCUT2D eigenvalue weighted by atomic mass is 10.2. The molecule has 0 aliphatic carbocycles. The number of aromatic nitrogens is 4. The third kappa shape index (κ3) is 2.96. The van der Waals surface area contributed by atoms with Crippen molar-refractivity contribution >= 4 is 34.6 Å². The molecular formula is C17H21N7O. The number of imidazole rings is 1. The number of morpholine rings is 1. The van der Waals surface area contributed by atoms with Crippen molar-refractivity contribution in [3.05, 3.63) is 29.8 Å². The third-order valence-corrected chi connectivity index (χ3v) is 4.32. The lowest BCUT2D eigenvalue weighted by Crippen LogP contribution is -2.37. The molecule has 3 N–H and O–H groups in total. The first-order chi connectivity index (χ1) is 12.1. The number of aryl methyl sites for hydroxylation is 2. The van der Waals surface area contributed by atoms with Crippen LogP contribution in [-0.2, 0) is 11.8 Å². The molecule has 0 radical (unpaired) electrons. The zero-order chi connectivity index (χ0) is 17.4. The van der Waals surface area contributed by atoms with Crippen molar-refractivity contribution in [2.24, 2.45) is 7.05 Å². The Labute approximate surface area is 145 Å². The first kappa shape index (κ1) is 15.6. The highest BCUT2D eigenvalue weighted by Gasteiger charge is 2.21. The minimum Gasteiger partial charge on any atom is -0.378 e. The van der Waals surface area contributed by atoms with E-state index in [4.69, 9.17) is 15.5 Å². The summed E-state index contributed by atoms with van der Waals surface area (Å²) in [5.74, 6) is 1.74. The second-order valence-electron chi connectivity index (χ2n) is 6.17. The monoisotopic (exact) mass is 339 g/mol. The van der Waals surface area contributed by atoms with Crippen LogP contribution in [0.1, 0.15) is 5.56 Å². The SMILES string of the molecule is Cc1cccc(Nc2nc(N3CCOCC3)c3nc(N)n(C)c3n2)c1. The lowest BCUT2D eigenvalue weighted by Gasteiger charge is -2.28. The van der Waals surface area contributed by atoms with Gasteiger partial charge >= 0.3 is 0 Å². The minimum absolute atomic E-state index is 0.423. The number of hydrogen-bond acceptors (Lipinski definition) is 7. The van der Waals surface area contributed by atoms with Gasteiger partial charge in [0.25, 0.3) is 0 Å². The van der Waals surface area contributed by atoms with Crippen LogP contribution in [-0.4, -0.2) is 45.8 Å².